The van der Waals surface area contributed by atoms with Crippen molar-refractivity contribution in [2.75, 3.05) is 6.61 Å². The molecule has 0 unspecified atom stereocenters. The molecule has 0 radical (unpaired) electrons. The molecule has 1 aromatic heterocycles. The maximum absolute atomic E-state index is 12.0. The Kier molecular flexibility index (Phi) is 6.38. The molecule has 0 saturated carbocycles. The van der Waals surface area contributed by atoms with Crippen molar-refractivity contribution in [3.63, 3.8) is 0 Å². The zero-order valence-electron chi connectivity index (χ0n) is 17.2. The smallest absolute Gasteiger partial charge is 0.319 e. The number of aryl methyl sites for hydroxylation is 1. The first-order valence-electron chi connectivity index (χ1n) is 10.2. The minimum Gasteiger partial charge on any atom is -0.486 e. The second-order valence-electron chi connectivity index (χ2n) is 7.20. The van der Waals surface area contributed by atoms with Gasteiger partial charge in [0, 0.05) is 6.42 Å². The van der Waals surface area contributed by atoms with Crippen molar-refractivity contribution in [2.45, 2.75) is 49.7 Å². The molecular formula is C23H25N3O3S. The molecule has 6 nitrogen and oxygen atoms in total. The van der Waals surface area contributed by atoms with E-state index in [4.69, 9.17) is 9.47 Å². The number of esters is 1. The maximum atomic E-state index is 12.0. The number of thioether (sulfide) groups is 1. The summed E-state index contributed by atoms with van der Waals surface area (Å²) >= 11 is 1.42. The van der Waals surface area contributed by atoms with E-state index in [1.807, 2.05) is 30.3 Å². The predicted octanol–water partition coefficient (Wildman–Crippen LogP) is 4.44. The summed E-state index contributed by atoms with van der Waals surface area (Å²) in [5.41, 5.74) is 2.41. The van der Waals surface area contributed by atoms with E-state index in [1.54, 1.807) is 0 Å². The molecule has 156 valence electrons. The van der Waals surface area contributed by atoms with Gasteiger partial charge in [0.15, 0.2) is 11.0 Å². The molecule has 30 heavy (non-hydrogen) atoms. The third kappa shape index (κ3) is 4.51. The quantitative estimate of drug-likeness (QED) is 0.499. The number of ether oxygens (including phenoxy) is 2. The lowest BCUT2D eigenvalue weighted by atomic mass is 10.1. The Balaban J connectivity index is 1.59. The SMILES string of the molecule is CCc1ccc(OCc2nnc(S[C@@H]3CCOC3=O)n2[C@H](C)c2ccccc2)cc1. The van der Waals surface area contributed by atoms with E-state index >= 15 is 0 Å². The minimum absolute atomic E-state index is 0.00203. The fraction of sp³-hybridized carbons (Fsp3) is 0.348. The molecule has 2 aromatic carbocycles. The van der Waals surface area contributed by atoms with Crippen LogP contribution in [0.2, 0.25) is 0 Å². The Labute approximate surface area is 180 Å². The number of hydrogen-bond acceptors (Lipinski definition) is 6. The van der Waals surface area contributed by atoms with E-state index in [-0.39, 0.29) is 17.3 Å². The second kappa shape index (κ2) is 9.34. The molecule has 4 rings (SSSR count). The molecule has 7 heteroatoms. The largest absolute Gasteiger partial charge is 0.486 e. The predicted molar refractivity (Wildman–Crippen MR) is 116 cm³/mol. The van der Waals surface area contributed by atoms with Crippen molar-refractivity contribution in [1.82, 2.24) is 14.8 Å². The van der Waals surface area contributed by atoms with Crippen molar-refractivity contribution in [3.05, 3.63) is 71.5 Å². The Hall–Kier alpha value is -2.80. The van der Waals surface area contributed by atoms with Gasteiger partial charge in [-0.15, -0.1) is 10.2 Å². The number of rotatable bonds is 8. The molecule has 2 heterocycles. The molecule has 1 aliphatic rings. The molecule has 0 spiro atoms. The number of nitrogens with zero attached hydrogens (tertiary/aromatic N) is 3. The van der Waals surface area contributed by atoms with Crippen molar-refractivity contribution in [3.8, 4) is 5.75 Å². The van der Waals surface area contributed by atoms with Gasteiger partial charge >= 0.3 is 5.97 Å². The molecule has 3 aromatic rings. The van der Waals surface area contributed by atoms with Gasteiger partial charge < -0.3 is 9.47 Å². The Morgan fingerprint density at radius 1 is 1.17 bits per heavy atom. The van der Waals surface area contributed by atoms with Gasteiger partial charge in [-0.3, -0.25) is 9.36 Å². The molecular weight excluding hydrogens is 398 g/mol. The van der Waals surface area contributed by atoms with E-state index < -0.39 is 0 Å². The van der Waals surface area contributed by atoms with Crippen LogP contribution in [0.25, 0.3) is 0 Å². The Bertz CT molecular complexity index is 989. The number of cyclic esters (lactones) is 1. The second-order valence-corrected chi connectivity index (χ2v) is 8.37. The van der Waals surface area contributed by atoms with Gasteiger partial charge in [0.1, 0.15) is 17.6 Å². The van der Waals surface area contributed by atoms with Crippen molar-refractivity contribution >= 4 is 17.7 Å². The number of carbonyl (C=O) groups is 1. The van der Waals surface area contributed by atoms with Gasteiger partial charge in [-0.05, 0) is 36.6 Å². The highest BCUT2D eigenvalue weighted by molar-refractivity contribution is 8.00. The van der Waals surface area contributed by atoms with Gasteiger partial charge in [0.2, 0.25) is 0 Å². The van der Waals surface area contributed by atoms with Crippen LogP contribution in [0.5, 0.6) is 5.75 Å². The van der Waals surface area contributed by atoms with Crippen LogP contribution in [0.3, 0.4) is 0 Å². The van der Waals surface area contributed by atoms with Gasteiger partial charge in [-0.1, -0.05) is 61.2 Å². The molecule has 1 fully saturated rings. The van der Waals surface area contributed by atoms with Crippen LogP contribution >= 0.6 is 11.8 Å². The third-order valence-electron chi connectivity index (χ3n) is 5.24. The lowest BCUT2D eigenvalue weighted by Crippen LogP contribution is -2.16. The number of benzene rings is 2. The summed E-state index contributed by atoms with van der Waals surface area (Å²) in [4.78, 5) is 12.0. The molecule has 0 bridgehead atoms. The van der Waals surface area contributed by atoms with Crippen LogP contribution < -0.4 is 4.74 Å². The van der Waals surface area contributed by atoms with E-state index in [1.165, 1.54) is 17.3 Å². The van der Waals surface area contributed by atoms with E-state index in [0.29, 0.717) is 24.8 Å². The molecule has 2 atom stereocenters. The number of aromatic nitrogens is 3. The molecule has 0 N–H and O–H groups in total. The third-order valence-corrected chi connectivity index (χ3v) is 6.44. The monoisotopic (exact) mass is 423 g/mol. The van der Waals surface area contributed by atoms with Gasteiger partial charge in [-0.25, -0.2) is 0 Å². The van der Waals surface area contributed by atoms with Gasteiger partial charge in [-0.2, -0.15) is 0 Å². The average molecular weight is 424 g/mol. The van der Waals surface area contributed by atoms with Crippen LogP contribution in [0.15, 0.2) is 59.8 Å². The molecule has 0 amide bonds. The molecule has 1 aliphatic heterocycles. The van der Waals surface area contributed by atoms with Crippen molar-refractivity contribution in [2.24, 2.45) is 0 Å². The van der Waals surface area contributed by atoms with E-state index in [0.717, 1.165) is 23.6 Å². The maximum Gasteiger partial charge on any atom is 0.319 e. The average Bonchev–Trinajstić information content (AvgIpc) is 3.38. The first kappa shape index (κ1) is 20.5. The summed E-state index contributed by atoms with van der Waals surface area (Å²) in [5, 5.41) is 9.24. The summed E-state index contributed by atoms with van der Waals surface area (Å²) in [7, 11) is 0. The van der Waals surface area contributed by atoms with Crippen LogP contribution in [-0.2, 0) is 22.6 Å². The Morgan fingerprint density at radius 3 is 2.60 bits per heavy atom. The fourth-order valence-electron chi connectivity index (χ4n) is 3.44. The zero-order valence-corrected chi connectivity index (χ0v) is 18.0. The molecule has 1 saturated heterocycles. The summed E-state index contributed by atoms with van der Waals surface area (Å²) in [6.07, 6.45) is 1.68. The van der Waals surface area contributed by atoms with Crippen LogP contribution in [0.1, 0.15) is 43.3 Å². The summed E-state index contributed by atoms with van der Waals surface area (Å²) < 4.78 is 13.2. The van der Waals surface area contributed by atoms with Crippen molar-refractivity contribution in [1.29, 1.82) is 0 Å². The van der Waals surface area contributed by atoms with Gasteiger partial charge in [0.25, 0.3) is 0 Å². The number of carbonyl (C=O) groups excluding carboxylic acids is 1. The van der Waals surface area contributed by atoms with Crippen molar-refractivity contribution < 1.29 is 14.3 Å². The van der Waals surface area contributed by atoms with Crippen LogP contribution in [-0.4, -0.2) is 32.6 Å². The zero-order chi connectivity index (χ0) is 20.9. The topological polar surface area (TPSA) is 66.2 Å². The highest BCUT2D eigenvalue weighted by Crippen LogP contribution is 2.32. The number of hydrogen-bond donors (Lipinski definition) is 0. The van der Waals surface area contributed by atoms with E-state index in [2.05, 4.69) is 52.9 Å². The summed E-state index contributed by atoms with van der Waals surface area (Å²) in [5.74, 6) is 1.33. The fourth-order valence-corrected chi connectivity index (χ4v) is 4.53. The van der Waals surface area contributed by atoms with Gasteiger partial charge in [0.05, 0.1) is 12.6 Å². The highest BCUT2D eigenvalue weighted by Gasteiger charge is 2.31. The van der Waals surface area contributed by atoms with Crippen LogP contribution in [0, 0.1) is 0 Å². The standard InChI is InChI=1S/C23H25N3O3S/c1-3-17-9-11-19(12-10-17)29-15-21-24-25-23(30-20-13-14-28-22(20)27)26(21)16(2)18-7-5-4-6-8-18/h4-12,16,20H,3,13-15H2,1-2H3/t16-,20-/m1/s1. The first-order chi connectivity index (χ1) is 14.7. The summed E-state index contributed by atoms with van der Waals surface area (Å²) in [6, 6.07) is 18.3. The molecule has 0 aliphatic carbocycles. The normalized spacial score (nSPS) is 17.0. The highest BCUT2D eigenvalue weighted by atomic mass is 32.2. The lowest BCUT2D eigenvalue weighted by Gasteiger charge is -2.19. The van der Waals surface area contributed by atoms with Crippen LogP contribution in [0.4, 0.5) is 0 Å². The van der Waals surface area contributed by atoms with E-state index in [9.17, 15) is 4.79 Å². The summed E-state index contributed by atoms with van der Waals surface area (Å²) in [6.45, 7) is 4.99. The Morgan fingerprint density at radius 2 is 1.93 bits per heavy atom. The minimum atomic E-state index is -0.244. The lowest BCUT2D eigenvalue weighted by molar-refractivity contribution is -0.137. The first-order valence-corrected chi connectivity index (χ1v) is 11.1.